The first kappa shape index (κ1) is 22.9. The molecule has 0 aliphatic rings. The Morgan fingerprint density at radius 3 is 2.29 bits per heavy atom. The molecule has 2 nitrogen and oxygen atoms in total. The molecule has 0 bridgehead atoms. The molecule has 1 aromatic carbocycles. The van der Waals surface area contributed by atoms with E-state index in [-0.39, 0.29) is 0 Å². The Hall–Kier alpha value is -3.18. The number of aromatic nitrogens is 1. The number of rotatable bonds is 4. The lowest BCUT2D eigenvalue weighted by Gasteiger charge is -2.12. The van der Waals surface area contributed by atoms with Gasteiger partial charge in [-0.15, -0.1) is 12.8 Å². The van der Waals surface area contributed by atoms with Gasteiger partial charge in [-0.2, -0.15) is 13.2 Å². The summed E-state index contributed by atoms with van der Waals surface area (Å²) >= 11 is 0. The van der Waals surface area contributed by atoms with E-state index in [2.05, 4.69) is 22.1 Å². The van der Waals surface area contributed by atoms with Crippen LogP contribution < -0.4 is 5.32 Å². The van der Waals surface area contributed by atoms with Gasteiger partial charge < -0.3 is 5.32 Å². The number of hydrogen-bond donors (Lipinski definition) is 1. The molecule has 146 valence electrons. The second-order valence-corrected chi connectivity index (χ2v) is 5.72. The zero-order chi connectivity index (χ0) is 21.3. The van der Waals surface area contributed by atoms with Crippen molar-refractivity contribution in [2.24, 2.45) is 0 Å². The predicted octanol–water partition coefficient (Wildman–Crippen LogP) is 5.69. The summed E-state index contributed by atoms with van der Waals surface area (Å²) in [6.45, 7) is 8.07. The normalized spacial score (nSPS) is 11.3. The number of aryl methyl sites for hydroxylation is 1. The molecule has 2 aromatic rings. The minimum Gasteiger partial charge on any atom is -0.367 e. The highest BCUT2D eigenvalue weighted by atomic mass is 19.4. The molecule has 0 aliphatic carbocycles. The first-order valence-electron chi connectivity index (χ1n) is 8.76. The van der Waals surface area contributed by atoms with Crippen molar-refractivity contribution >= 4 is 5.57 Å². The fourth-order valence-electron chi connectivity index (χ4n) is 2.47. The van der Waals surface area contributed by atoms with Gasteiger partial charge in [-0.1, -0.05) is 43.9 Å². The largest absolute Gasteiger partial charge is 0.433 e. The summed E-state index contributed by atoms with van der Waals surface area (Å²) < 4.78 is 38.0. The number of halogens is 3. The lowest BCUT2D eigenvalue weighted by atomic mass is 9.97. The lowest BCUT2D eigenvalue weighted by Crippen LogP contribution is -2.13. The molecule has 1 N–H and O–H groups in total. The van der Waals surface area contributed by atoms with Gasteiger partial charge in [0.25, 0.3) is 0 Å². The highest BCUT2D eigenvalue weighted by molar-refractivity contribution is 5.75. The fraction of sp³-hybridized carbons (Fsp3) is 0.261. The number of hydrogen-bond acceptors (Lipinski definition) is 2. The van der Waals surface area contributed by atoms with Crippen LogP contribution in [0.2, 0.25) is 0 Å². The number of alkyl halides is 3. The van der Waals surface area contributed by atoms with Gasteiger partial charge in [-0.25, -0.2) is 0 Å². The molecule has 0 saturated heterocycles. The summed E-state index contributed by atoms with van der Waals surface area (Å²) in [6.07, 6.45) is 7.55. The maximum absolute atomic E-state index is 12.7. The van der Waals surface area contributed by atoms with E-state index in [1.807, 2.05) is 45.9 Å². The van der Waals surface area contributed by atoms with Gasteiger partial charge in [0.1, 0.15) is 5.69 Å². The molecule has 5 heteroatoms. The van der Waals surface area contributed by atoms with Gasteiger partial charge >= 0.3 is 6.18 Å². The highest BCUT2D eigenvalue weighted by Crippen LogP contribution is 2.30. The Labute approximate surface area is 164 Å². The highest BCUT2D eigenvalue weighted by Gasteiger charge is 2.32. The molecule has 0 fully saturated rings. The van der Waals surface area contributed by atoms with Crippen molar-refractivity contribution < 1.29 is 13.2 Å². The summed E-state index contributed by atoms with van der Waals surface area (Å²) in [6, 6.07) is 8.08. The standard InChI is InChI=1S/C21H17F3N2.C2H6/c1-5-9-25-19(6-2)15(4)17-10-14(3)11-18(12-17)16-7-8-20(26-13-16)21(22,23)24;1-2/h1-2,7-8,10-13,25H,9H2,3-4H3;1-2H3/b19-15+;. The molecule has 0 aliphatic heterocycles. The Kier molecular flexibility index (Phi) is 8.35. The summed E-state index contributed by atoms with van der Waals surface area (Å²) in [5, 5.41) is 2.99. The molecule has 0 atom stereocenters. The molecule has 1 heterocycles. The Morgan fingerprint density at radius 1 is 1.11 bits per heavy atom. The Balaban J connectivity index is 0.00000190. The van der Waals surface area contributed by atoms with E-state index >= 15 is 0 Å². The Morgan fingerprint density at radius 2 is 1.79 bits per heavy atom. The van der Waals surface area contributed by atoms with Crippen molar-refractivity contribution in [3.63, 3.8) is 0 Å². The van der Waals surface area contributed by atoms with Crippen LogP contribution in [0.5, 0.6) is 0 Å². The van der Waals surface area contributed by atoms with Crippen LogP contribution in [0.25, 0.3) is 16.7 Å². The van der Waals surface area contributed by atoms with Gasteiger partial charge in [0.15, 0.2) is 0 Å². The van der Waals surface area contributed by atoms with Crippen molar-refractivity contribution in [2.45, 2.75) is 33.9 Å². The number of terminal acetylenes is 2. The van der Waals surface area contributed by atoms with E-state index < -0.39 is 11.9 Å². The van der Waals surface area contributed by atoms with Crippen LogP contribution in [0.3, 0.4) is 0 Å². The number of pyridine rings is 1. The van der Waals surface area contributed by atoms with Crippen LogP contribution in [0.4, 0.5) is 13.2 Å². The quantitative estimate of drug-likeness (QED) is 0.685. The maximum atomic E-state index is 12.7. The van der Waals surface area contributed by atoms with Crippen LogP contribution in [0.1, 0.15) is 37.6 Å². The molecule has 28 heavy (non-hydrogen) atoms. The molecule has 0 spiro atoms. The average Bonchev–Trinajstić information content (AvgIpc) is 2.69. The second-order valence-electron chi connectivity index (χ2n) is 5.72. The minimum absolute atomic E-state index is 0.304. The van der Waals surface area contributed by atoms with Gasteiger partial charge in [0.05, 0.1) is 12.2 Å². The number of allylic oxidation sites excluding steroid dienone is 2. The molecule has 0 saturated carbocycles. The van der Waals surface area contributed by atoms with Crippen molar-refractivity contribution in [3.8, 4) is 35.8 Å². The summed E-state index contributed by atoms with van der Waals surface area (Å²) in [4.78, 5) is 3.52. The van der Waals surface area contributed by atoms with E-state index in [1.165, 1.54) is 12.3 Å². The van der Waals surface area contributed by atoms with Crippen LogP contribution in [0, 0.1) is 31.6 Å². The number of nitrogens with one attached hydrogen (secondary N) is 1. The first-order chi connectivity index (χ1) is 13.3. The van der Waals surface area contributed by atoms with Crippen molar-refractivity contribution in [3.05, 3.63) is 59.0 Å². The summed E-state index contributed by atoms with van der Waals surface area (Å²) in [7, 11) is 0. The van der Waals surface area contributed by atoms with Crippen molar-refractivity contribution in [2.75, 3.05) is 6.54 Å². The fourth-order valence-corrected chi connectivity index (χ4v) is 2.47. The smallest absolute Gasteiger partial charge is 0.367 e. The molecule has 0 unspecified atom stereocenters. The van der Waals surface area contributed by atoms with Crippen LogP contribution in [-0.4, -0.2) is 11.5 Å². The molecule has 0 amide bonds. The third kappa shape index (κ3) is 5.93. The van der Waals surface area contributed by atoms with Crippen molar-refractivity contribution in [1.29, 1.82) is 0 Å². The van der Waals surface area contributed by atoms with Crippen molar-refractivity contribution in [1.82, 2.24) is 10.3 Å². The van der Waals surface area contributed by atoms with Gasteiger partial charge in [0.2, 0.25) is 0 Å². The molecule has 2 rings (SSSR count). The number of benzene rings is 1. The van der Waals surface area contributed by atoms with E-state index in [9.17, 15) is 13.2 Å². The molecule has 0 radical (unpaired) electrons. The van der Waals surface area contributed by atoms with Gasteiger partial charge in [0, 0.05) is 11.8 Å². The van der Waals surface area contributed by atoms with Gasteiger partial charge in [-0.05, 0) is 48.2 Å². The summed E-state index contributed by atoms with van der Waals surface area (Å²) in [5.74, 6) is 5.04. The summed E-state index contributed by atoms with van der Waals surface area (Å²) in [5.41, 5.74) is 3.64. The van der Waals surface area contributed by atoms with Gasteiger partial charge in [-0.3, -0.25) is 4.98 Å². The molecule has 1 aromatic heterocycles. The Bertz CT molecular complexity index is 909. The zero-order valence-electron chi connectivity index (χ0n) is 16.4. The minimum atomic E-state index is -4.46. The predicted molar refractivity (Wildman–Crippen MR) is 109 cm³/mol. The van der Waals surface area contributed by atoms with E-state index in [1.54, 1.807) is 0 Å². The third-order valence-corrected chi connectivity index (χ3v) is 3.78. The third-order valence-electron chi connectivity index (χ3n) is 3.78. The lowest BCUT2D eigenvalue weighted by molar-refractivity contribution is -0.141. The van der Waals surface area contributed by atoms with Crippen LogP contribution in [-0.2, 0) is 6.18 Å². The SMILES string of the molecule is C#CCN/C(C#C)=C(\C)c1cc(C)cc(-c2ccc(C(F)(F)F)nc2)c1.CC. The maximum Gasteiger partial charge on any atom is 0.433 e. The molecular formula is C23H23F3N2. The monoisotopic (exact) mass is 384 g/mol. The van der Waals surface area contributed by atoms with Crippen LogP contribution >= 0.6 is 0 Å². The van der Waals surface area contributed by atoms with E-state index in [0.29, 0.717) is 17.8 Å². The second kappa shape index (κ2) is 10.2. The first-order valence-corrected chi connectivity index (χ1v) is 8.76. The van der Waals surface area contributed by atoms with Crippen LogP contribution in [0.15, 0.2) is 42.2 Å². The van der Waals surface area contributed by atoms with E-state index in [0.717, 1.165) is 28.3 Å². The zero-order valence-corrected chi connectivity index (χ0v) is 16.4. The topological polar surface area (TPSA) is 24.9 Å². The molecular weight excluding hydrogens is 361 g/mol. The number of nitrogens with zero attached hydrogens (tertiary/aromatic N) is 1. The average molecular weight is 384 g/mol. The van der Waals surface area contributed by atoms with E-state index in [4.69, 9.17) is 12.8 Å².